The van der Waals surface area contributed by atoms with E-state index in [1.54, 1.807) is 6.08 Å². The zero-order valence-corrected chi connectivity index (χ0v) is 12.1. The highest BCUT2D eigenvalue weighted by Gasteiger charge is 2.20. The number of amides is 1. The Kier molecular flexibility index (Phi) is 8.78. The highest BCUT2D eigenvalue weighted by molar-refractivity contribution is 5.87. The number of rotatable bonds is 4. The Labute approximate surface area is 106 Å². The van der Waals surface area contributed by atoms with Gasteiger partial charge >= 0.3 is 0 Å². The number of hydrogen-bond donors (Lipinski definition) is 0. The lowest BCUT2D eigenvalue weighted by Crippen LogP contribution is -2.26. The highest BCUT2D eigenvalue weighted by atomic mass is 16.2. The molecule has 3 heteroatoms. The Hall–Kier alpha value is -0.830. The molecule has 0 N–H and O–H groups in total. The molecule has 1 rings (SSSR count). The van der Waals surface area contributed by atoms with Crippen molar-refractivity contribution in [1.82, 2.24) is 9.80 Å². The second-order valence-corrected chi connectivity index (χ2v) is 4.67. The van der Waals surface area contributed by atoms with Gasteiger partial charge in [0.2, 0.25) is 5.91 Å². The molecule has 3 nitrogen and oxygen atoms in total. The summed E-state index contributed by atoms with van der Waals surface area (Å²) in [7, 11) is 4.08. The molecule has 0 aromatic rings. The van der Waals surface area contributed by atoms with E-state index in [0.29, 0.717) is 5.92 Å². The van der Waals surface area contributed by atoms with Gasteiger partial charge in [-0.3, -0.25) is 4.79 Å². The molecular formula is C14H28N2O. The first-order chi connectivity index (χ1) is 8.09. The minimum absolute atomic E-state index is 0.179. The predicted molar refractivity (Wildman–Crippen MR) is 74.0 cm³/mol. The third kappa shape index (κ3) is 7.16. The maximum atomic E-state index is 11.7. The Morgan fingerprint density at radius 1 is 1.41 bits per heavy atom. The van der Waals surface area contributed by atoms with Crippen LogP contribution in [0.4, 0.5) is 0 Å². The lowest BCUT2D eigenvalue weighted by Gasteiger charge is -2.13. The summed E-state index contributed by atoms with van der Waals surface area (Å²) < 4.78 is 0. The van der Waals surface area contributed by atoms with Crippen LogP contribution in [-0.4, -0.2) is 49.4 Å². The summed E-state index contributed by atoms with van der Waals surface area (Å²) in [4.78, 5) is 15.7. The molecule has 100 valence electrons. The zero-order chi connectivity index (χ0) is 13.3. The summed E-state index contributed by atoms with van der Waals surface area (Å²) in [5.41, 5.74) is 0. The van der Waals surface area contributed by atoms with Crippen molar-refractivity contribution < 1.29 is 4.79 Å². The maximum Gasteiger partial charge on any atom is 0.246 e. The van der Waals surface area contributed by atoms with E-state index in [1.807, 2.05) is 38.9 Å². The SMILES string of the molecule is CC.CC1CCN(C(=O)/C=C/CCN(C)C)C1. The lowest BCUT2D eigenvalue weighted by molar-refractivity contribution is -0.125. The molecule has 1 heterocycles. The number of carbonyl (C=O) groups is 1. The molecule has 1 aliphatic heterocycles. The Bertz CT molecular complexity index is 236. The summed E-state index contributed by atoms with van der Waals surface area (Å²) >= 11 is 0. The molecule has 0 bridgehead atoms. The van der Waals surface area contributed by atoms with E-state index in [0.717, 1.165) is 32.5 Å². The van der Waals surface area contributed by atoms with E-state index in [2.05, 4.69) is 11.8 Å². The number of hydrogen-bond acceptors (Lipinski definition) is 2. The largest absolute Gasteiger partial charge is 0.339 e. The van der Waals surface area contributed by atoms with Crippen LogP contribution in [0.5, 0.6) is 0 Å². The number of carbonyl (C=O) groups excluding carboxylic acids is 1. The van der Waals surface area contributed by atoms with Crippen molar-refractivity contribution in [2.75, 3.05) is 33.7 Å². The molecule has 1 atom stereocenters. The van der Waals surface area contributed by atoms with Crippen LogP contribution in [0.3, 0.4) is 0 Å². The van der Waals surface area contributed by atoms with Crippen molar-refractivity contribution in [2.24, 2.45) is 5.92 Å². The first-order valence-corrected chi connectivity index (χ1v) is 6.69. The van der Waals surface area contributed by atoms with E-state index in [1.165, 1.54) is 0 Å². The second-order valence-electron chi connectivity index (χ2n) is 4.67. The molecule has 1 unspecified atom stereocenters. The summed E-state index contributed by atoms with van der Waals surface area (Å²) in [6.07, 6.45) is 5.80. The third-order valence-electron chi connectivity index (χ3n) is 2.74. The molecule has 1 amide bonds. The number of likely N-dealkylation sites (tertiary alicyclic amines) is 1. The Morgan fingerprint density at radius 2 is 2.06 bits per heavy atom. The topological polar surface area (TPSA) is 23.6 Å². The summed E-state index contributed by atoms with van der Waals surface area (Å²) in [5, 5.41) is 0. The molecule has 0 radical (unpaired) electrons. The van der Waals surface area contributed by atoms with Gasteiger partial charge in [0.1, 0.15) is 0 Å². The standard InChI is InChI=1S/C12H22N2O.C2H6/c1-11-7-9-14(10-11)12(15)6-4-5-8-13(2)3;1-2/h4,6,11H,5,7-10H2,1-3H3;1-2H3/b6-4+;. The van der Waals surface area contributed by atoms with Crippen molar-refractivity contribution in [1.29, 1.82) is 0 Å². The van der Waals surface area contributed by atoms with Gasteiger partial charge in [0, 0.05) is 19.6 Å². The van der Waals surface area contributed by atoms with Gasteiger partial charge in [0.05, 0.1) is 0 Å². The van der Waals surface area contributed by atoms with E-state index in [9.17, 15) is 4.79 Å². The third-order valence-corrected chi connectivity index (χ3v) is 2.74. The van der Waals surface area contributed by atoms with Crippen molar-refractivity contribution >= 4 is 5.91 Å². The molecule has 0 spiro atoms. The normalized spacial score (nSPS) is 19.6. The van der Waals surface area contributed by atoms with E-state index < -0.39 is 0 Å². The molecule has 0 aromatic carbocycles. The van der Waals surface area contributed by atoms with Crippen LogP contribution in [0.25, 0.3) is 0 Å². The highest BCUT2D eigenvalue weighted by Crippen LogP contribution is 2.15. The molecule has 1 fully saturated rings. The van der Waals surface area contributed by atoms with Crippen molar-refractivity contribution in [2.45, 2.75) is 33.6 Å². The summed E-state index contributed by atoms with van der Waals surface area (Å²) in [5.74, 6) is 0.849. The van der Waals surface area contributed by atoms with E-state index in [4.69, 9.17) is 0 Å². The van der Waals surface area contributed by atoms with Crippen LogP contribution in [0.1, 0.15) is 33.6 Å². The quantitative estimate of drug-likeness (QED) is 0.704. The van der Waals surface area contributed by atoms with Gasteiger partial charge in [-0.15, -0.1) is 0 Å². The van der Waals surface area contributed by atoms with Crippen LogP contribution in [-0.2, 0) is 4.79 Å². The minimum atomic E-state index is 0.179. The van der Waals surface area contributed by atoms with Crippen molar-refractivity contribution in [3.05, 3.63) is 12.2 Å². The summed E-state index contributed by atoms with van der Waals surface area (Å²) in [6, 6.07) is 0. The molecule has 0 saturated carbocycles. The average Bonchev–Trinajstić information content (AvgIpc) is 2.73. The van der Waals surface area contributed by atoms with Crippen LogP contribution in [0.2, 0.25) is 0 Å². The summed E-state index contributed by atoms with van der Waals surface area (Å²) in [6.45, 7) is 9.05. The first-order valence-electron chi connectivity index (χ1n) is 6.69. The van der Waals surface area contributed by atoms with Gasteiger partial charge in [-0.05, 0) is 38.9 Å². The Balaban J connectivity index is 0.00000121. The fraction of sp³-hybridized carbons (Fsp3) is 0.786. The van der Waals surface area contributed by atoms with E-state index in [-0.39, 0.29) is 5.91 Å². The smallest absolute Gasteiger partial charge is 0.246 e. The second kappa shape index (κ2) is 9.23. The van der Waals surface area contributed by atoms with Gasteiger partial charge in [0.15, 0.2) is 0 Å². The van der Waals surface area contributed by atoms with Crippen LogP contribution in [0.15, 0.2) is 12.2 Å². The molecular weight excluding hydrogens is 212 g/mol. The molecule has 17 heavy (non-hydrogen) atoms. The van der Waals surface area contributed by atoms with Crippen LogP contribution in [0, 0.1) is 5.92 Å². The van der Waals surface area contributed by atoms with E-state index >= 15 is 0 Å². The van der Waals surface area contributed by atoms with Crippen LogP contribution < -0.4 is 0 Å². The molecule has 0 aliphatic carbocycles. The lowest BCUT2D eigenvalue weighted by atomic mass is 10.2. The van der Waals surface area contributed by atoms with Gasteiger partial charge < -0.3 is 9.80 Å². The van der Waals surface area contributed by atoms with Crippen LogP contribution >= 0.6 is 0 Å². The van der Waals surface area contributed by atoms with Gasteiger partial charge in [0.25, 0.3) is 0 Å². The number of nitrogens with zero attached hydrogens (tertiary/aromatic N) is 2. The fourth-order valence-electron chi connectivity index (χ4n) is 1.76. The van der Waals surface area contributed by atoms with Crippen molar-refractivity contribution in [3.8, 4) is 0 Å². The molecule has 0 aromatic heterocycles. The van der Waals surface area contributed by atoms with Gasteiger partial charge in [-0.1, -0.05) is 26.8 Å². The predicted octanol–water partition coefficient (Wildman–Crippen LogP) is 2.39. The zero-order valence-electron chi connectivity index (χ0n) is 12.1. The van der Waals surface area contributed by atoms with Crippen molar-refractivity contribution in [3.63, 3.8) is 0 Å². The maximum absolute atomic E-state index is 11.7. The Morgan fingerprint density at radius 3 is 2.53 bits per heavy atom. The van der Waals surface area contributed by atoms with Gasteiger partial charge in [-0.2, -0.15) is 0 Å². The minimum Gasteiger partial charge on any atom is -0.339 e. The molecule has 1 saturated heterocycles. The molecule has 1 aliphatic rings. The van der Waals surface area contributed by atoms with Gasteiger partial charge in [-0.25, -0.2) is 0 Å². The first kappa shape index (κ1) is 16.2. The fourth-order valence-corrected chi connectivity index (χ4v) is 1.76. The average molecular weight is 240 g/mol. The monoisotopic (exact) mass is 240 g/mol.